The highest BCUT2D eigenvalue weighted by molar-refractivity contribution is 7.07. The Labute approximate surface area is 127 Å². The summed E-state index contributed by atoms with van der Waals surface area (Å²) >= 11 is 1.57. The molecule has 0 amide bonds. The Morgan fingerprint density at radius 2 is 2.29 bits per heavy atom. The Balaban J connectivity index is 1.62. The largest absolute Gasteiger partial charge is 0.487 e. The van der Waals surface area contributed by atoms with Crippen molar-refractivity contribution in [1.29, 1.82) is 0 Å². The fraction of sp³-hybridized carbons (Fsp3) is 0.188. The number of rotatable bonds is 6. The molecule has 0 aliphatic heterocycles. The predicted octanol–water partition coefficient (Wildman–Crippen LogP) is 4.49. The van der Waals surface area contributed by atoms with Gasteiger partial charge < -0.3 is 14.5 Å². The van der Waals surface area contributed by atoms with Gasteiger partial charge in [0, 0.05) is 17.1 Å². The zero-order chi connectivity index (χ0) is 14.5. The zero-order valence-electron chi connectivity index (χ0n) is 11.7. The smallest absolute Gasteiger partial charge is 0.131 e. The van der Waals surface area contributed by atoms with Crippen LogP contribution in [0.1, 0.15) is 24.4 Å². The van der Waals surface area contributed by atoms with Crippen LogP contribution in [-0.4, -0.2) is 4.98 Å². The maximum atomic E-state index is 5.74. The van der Waals surface area contributed by atoms with Crippen LogP contribution in [0.15, 0.2) is 58.0 Å². The molecule has 0 bridgehead atoms. The zero-order valence-corrected chi connectivity index (χ0v) is 12.5. The lowest BCUT2D eigenvalue weighted by Gasteiger charge is -2.14. The van der Waals surface area contributed by atoms with E-state index < -0.39 is 0 Å². The standard InChI is InChI=1S/C16H16N2O2S/c1-12(16-6-3-7-19-16)18-13-4-2-5-15(8-13)20-9-14-10-21-11-17-14/h2-8,10-12,18H,9H2,1H3. The van der Waals surface area contributed by atoms with E-state index in [2.05, 4.69) is 17.2 Å². The van der Waals surface area contributed by atoms with Gasteiger partial charge in [0.05, 0.1) is 23.5 Å². The lowest BCUT2D eigenvalue weighted by molar-refractivity contribution is 0.302. The van der Waals surface area contributed by atoms with Crippen molar-refractivity contribution in [1.82, 2.24) is 4.98 Å². The lowest BCUT2D eigenvalue weighted by Crippen LogP contribution is -2.05. The van der Waals surface area contributed by atoms with Crippen molar-refractivity contribution in [3.8, 4) is 5.75 Å². The van der Waals surface area contributed by atoms with Crippen LogP contribution in [0.3, 0.4) is 0 Å². The molecule has 4 nitrogen and oxygen atoms in total. The van der Waals surface area contributed by atoms with Gasteiger partial charge in [-0.25, -0.2) is 4.98 Å². The number of furan rings is 1. The van der Waals surface area contributed by atoms with Crippen LogP contribution < -0.4 is 10.1 Å². The van der Waals surface area contributed by atoms with Crippen molar-refractivity contribution in [3.05, 3.63) is 65.0 Å². The normalized spacial score (nSPS) is 12.0. The number of hydrogen-bond acceptors (Lipinski definition) is 5. The van der Waals surface area contributed by atoms with E-state index in [1.807, 2.05) is 47.3 Å². The van der Waals surface area contributed by atoms with Crippen molar-refractivity contribution < 1.29 is 9.15 Å². The van der Waals surface area contributed by atoms with E-state index in [-0.39, 0.29) is 6.04 Å². The number of benzene rings is 1. The fourth-order valence-corrected chi connectivity index (χ4v) is 2.54. The Kier molecular flexibility index (Phi) is 4.21. The van der Waals surface area contributed by atoms with E-state index in [0.29, 0.717) is 6.61 Å². The highest BCUT2D eigenvalue weighted by Crippen LogP contribution is 2.23. The maximum absolute atomic E-state index is 5.74. The van der Waals surface area contributed by atoms with Crippen LogP contribution in [0, 0.1) is 0 Å². The molecule has 0 saturated heterocycles. The van der Waals surface area contributed by atoms with Crippen molar-refractivity contribution in [2.24, 2.45) is 0 Å². The van der Waals surface area contributed by atoms with Gasteiger partial charge in [0.2, 0.25) is 0 Å². The minimum absolute atomic E-state index is 0.105. The SMILES string of the molecule is CC(Nc1cccc(OCc2cscn2)c1)c1ccco1. The fourth-order valence-electron chi connectivity index (χ4n) is 2.00. The summed E-state index contributed by atoms with van der Waals surface area (Å²) in [6.07, 6.45) is 1.68. The van der Waals surface area contributed by atoms with Crippen molar-refractivity contribution in [2.45, 2.75) is 19.6 Å². The summed E-state index contributed by atoms with van der Waals surface area (Å²) in [5.74, 6) is 1.73. The summed E-state index contributed by atoms with van der Waals surface area (Å²) in [6.45, 7) is 2.54. The highest BCUT2D eigenvalue weighted by Gasteiger charge is 2.08. The molecule has 0 aliphatic carbocycles. The molecule has 1 aromatic carbocycles. The average molecular weight is 300 g/mol. The maximum Gasteiger partial charge on any atom is 0.131 e. The van der Waals surface area contributed by atoms with Crippen LogP contribution in [0.4, 0.5) is 5.69 Å². The van der Waals surface area contributed by atoms with E-state index in [4.69, 9.17) is 9.15 Å². The monoisotopic (exact) mass is 300 g/mol. The minimum atomic E-state index is 0.105. The minimum Gasteiger partial charge on any atom is -0.487 e. The molecule has 2 aromatic heterocycles. The topological polar surface area (TPSA) is 47.3 Å². The van der Waals surface area contributed by atoms with E-state index >= 15 is 0 Å². The molecule has 1 unspecified atom stereocenters. The third-order valence-corrected chi connectivity index (χ3v) is 3.69. The lowest BCUT2D eigenvalue weighted by atomic mass is 10.2. The molecule has 3 rings (SSSR count). The summed E-state index contributed by atoms with van der Waals surface area (Å²) in [7, 11) is 0. The summed E-state index contributed by atoms with van der Waals surface area (Å²) in [6, 6.07) is 11.8. The van der Waals surface area contributed by atoms with Gasteiger partial charge in [0.25, 0.3) is 0 Å². The summed E-state index contributed by atoms with van der Waals surface area (Å²) in [5.41, 5.74) is 3.75. The third kappa shape index (κ3) is 3.64. The number of hydrogen-bond donors (Lipinski definition) is 1. The molecule has 108 valence electrons. The van der Waals surface area contributed by atoms with Gasteiger partial charge in [0.15, 0.2) is 0 Å². The number of nitrogens with zero attached hydrogens (tertiary/aromatic N) is 1. The second-order valence-electron chi connectivity index (χ2n) is 4.68. The Hall–Kier alpha value is -2.27. The molecule has 1 atom stereocenters. The van der Waals surface area contributed by atoms with Crippen molar-refractivity contribution in [3.63, 3.8) is 0 Å². The molecule has 2 heterocycles. The van der Waals surface area contributed by atoms with E-state index in [9.17, 15) is 0 Å². The Morgan fingerprint density at radius 1 is 1.33 bits per heavy atom. The first-order chi connectivity index (χ1) is 10.3. The van der Waals surface area contributed by atoms with Crippen molar-refractivity contribution in [2.75, 3.05) is 5.32 Å². The van der Waals surface area contributed by atoms with Gasteiger partial charge in [0.1, 0.15) is 18.1 Å². The van der Waals surface area contributed by atoms with Crippen LogP contribution in [0.2, 0.25) is 0 Å². The van der Waals surface area contributed by atoms with Gasteiger partial charge in [-0.1, -0.05) is 6.07 Å². The predicted molar refractivity (Wildman–Crippen MR) is 83.6 cm³/mol. The second kappa shape index (κ2) is 6.45. The summed E-state index contributed by atoms with van der Waals surface area (Å²) < 4.78 is 11.1. The summed E-state index contributed by atoms with van der Waals surface area (Å²) in [4.78, 5) is 4.20. The Bertz CT molecular complexity index is 665. The van der Waals surface area contributed by atoms with Crippen LogP contribution >= 0.6 is 11.3 Å². The molecule has 21 heavy (non-hydrogen) atoms. The van der Waals surface area contributed by atoms with Crippen molar-refractivity contribution >= 4 is 17.0 Å². The second-order valence-corrected chi connectivity index (χ2v) is 5.40. The molecule has 3 aromatic rings. The number of ether oxygens (including phenoxy) is 1. The number of anilines is 1. The van der Waals surface area contributed by atoms with Gasteiger partial charge in [-0.15, -0.1) is 11.3 Å². The first kappa shape index (κ1) is 13.7. The molecule has 5 heteroatoms. The first-order valence-corrected chi connectivity index (χ1v) is 7.65. The van der Waals surface area contributed by atoms with E-state index in [1.54, 1.807) is 17.6 Å². The first-order valence-electron chi connectivity index (χ1n) is 6.71. The molecular weight excluding hydrogens is 284 g/mol. The highest BCUT2D eigenvalue weighted by atomic mass is 32.1. The van der Waals surface area contributed by atoms with Gasteiger partial charge in [-0.05, 0) is 31.2 Å². The Morgan fingerprint density at radius 3 is 3.05 bits per heavy atom. The molecule has 0 radical (unpaired) electrons. The number of thiazole rings is 1. The van der Waals surface area contributed by atoms with Crippen LogP contribution in [-0.2, 0) is 6.61 Å². The van der Waals surface area contributed by atoms with Crippen LogP contribution in [0.25, 0.3) is 0 Å². The van der Waals surface area contributed by atoms with E-state index in [1.165, 1.54) is 0 Å². The number of nitrogens with one attached hydrogen (secondary N) is 1. The van der Waals surface area contributed by atoms with Gasteiger partial charge >= 0.3 is 0 Å². The average Bonchev–Trinajstić information content (AvgIpc) is 3.19. The molecule has 1 N–H and O–H groups in total. The van der Waals surface area contributed by atoms with Gasteiger partial charge in [-0.2, -0.15) is 0 Å². The molecule has 0 spiro atoms. The van der Waals surface area contributed by atoms with Crippen LogP contribution in [0.5, 0.6) is 5.75 Å². The van der Waals surface area contributed by atoms with E-state index in [0.717, 1.165) is 22.9 Å². The summed E-state index contributed by atoms with van der Waals surface area (Å²) in [5, 5.41) is 5.38. The number of aromatic nitrogens is 1. The molecule has 0 saturated carbocycles. The quantitative estimate of drug-likeness (QED) is 0.728. The third-order valence-electron chi connectivity index (χ3n) is 3.06. The molecule has 0 fully saturated rings. The molecular formula is C16H16N2O2S. The molecule has 0 aliphatic rings. The van der Waals surface area contributed by atoms with Gasteiger partial charge in [-0.3, -0.25) is 0 Å².